The molecule has 1 aromatic carbocycles. The van der Waals surface area contributed by atoms with Crippen molar-refractivity contribution in [2.45, 2.75) is 0 Å². The molecular weight excluding hydrogens is 270 g/mol. The maximum Gasteiger partial charge on any atom is 0.183 e. The van der Waals surface area contributed by atoms with Gasteiger partial charge in [0, 0.05) is 37.0 Å². The lowest BCUT2D eigenvalue weighted by molar-refractivity contribution is 0.211. The lowest BCUT2D eigenvalue weighted by atomic mass is 10.1. The van der Waals surface area contributed by atoms with Gasteiger partial charge in [-0.3, -0.25) is 4.98 Å². The molecule has 0 aliphatic carbocycles. The Balaban J connectivity index is 1.91. The standard InChI is InChI=1S/C15H15N3OS/c1-19-9-8-17-15-18-10-13(20-15)12-6-2-4-11-5-3-7-16-14(11)12/h2-7,10H,8-9H2,1H3,(H,17,18). The van der Waals surface area contributed by atoms with Crippen LogP contribution in [-0.2, 0) is 4.74 Å². The summed E-state index contributed by atoms with van der Waals surface area (Å²) in [6.45, 7) is 1.43. The monoisotopic (exact) mass is 285 g/mol. The van der Waals surface area contributed by atoms with E-state index in [1.54, 1.807) is 18.4 Å². The van der Waals surface area contributed by atoms with E-state index in [4.69, 9.17) is 4.74 Å². The summed E-state index contributed by atoms with van der Waals surface area (Å²) >= 11 is 1.63. The number of para-hydroxylation sites is 1. The summed E-state index contributed by atoms with van der Waals surface area (Å²) in [6, 6.07) is 10.2. The molecular formula is C15H15N3OS. The van der Waals surface area contributed by atoms with Crippen LogP contribution < -0.4 is 5.32 Å². The molecule has 1 N–H and O–H groups in total. The van der Waals surface area contributed by atoms with Crippen molar-refractivity contribution in [2.24, 2.45) is 0 Å². The summed E-state index contributed by atoms with van der Waals surface area (Å²) in [6.07, 6.45) is 3.72. The summed E-state index contributed by atoms with van der Waals surface area (Å²) in [7, 11) is 1.69. The molecule has 3 aromatic rings. The van der Waals surface area contributed by atoms with Gasteiger partial charge < -0.3 is 10.1 Å². The van der Waals surface area contributed by atoms with Crippen molar-refractivity contribution in [3.63, 3.8) is 0 Å². The number of pyridine rings is 1. The first-order chi connectivity index (χ1) is 9.88. The van der Waals surface area contributed by atoms with Crippen LogP contribution in [0.1, 0.15) is 0 Å². The Hall–Kier alpha value is -1.98. The molecule has 0 radical (unpaired) electrons. The molecule has 20 heavy (non-hydrogen) atoms. The van der Waals surface area contributed by atoms with Gasteiger partial charge in [-0.05, 0) is 6.07 Å². The number of ether oxygens (including phenoxy) is 1. The molecule has 5 heteroatoms. The molecule has 0 saturated heterocycles. The SMILES string of the molecule is COCCNc1ncc(-c2cccc3cccnc23)s1. The molecule has 0 aliphatic heterocycles. The fourth-order valence-corrected chi connectivity index (χ4v) is 2.91. The van der Waals surface area contributed by atoms with E-state index in [9.17, 15) is 0 Å². The van der Waals surface area contributed by atoms with Gasteiger partial charge in [0.15, 0.2) is 5.13 Å². The van der Waals surface area contributed by atoms with Crippen LogP contribution in [0.15, 0.2) is 42.7 Å². The highest BCUT2D eigenvalue weighted by Gasteiger charge is 2.08. The molecule has 0 fully saturated rings. The third-order valence-corrected chi connectivity index (χ3v) is 3.97. The first-order valence-corrected chi connectivity index (χ1v) is 7.23. The molecule has 2 aromatic heterocycles. The number of hydrogen-bond acceptors (Lipinski definition) is 5. The minimum Gasteiger partial charge on any atom is -0.383 e. The van der Waals surface area contributed by atoms with Gasteiger partial charge in [0.05, 0.1) is 17.0 Å². The molecule has 0 aliphatic rings. The van der Waals surface area contributed by atoms with E-state index in [0.29, 0.717) is 6.61 Å². The van der Waals surface area contributed by atoms with Crippen molar-refractivity contribution >= 4 is 27.4 Å². The number of hydrogen-bond donors (Lipinski definition) is 1. The molecule has 0 bridgehead atoms. The zero-order valence-electron chi connectivity index (χ0n) is 11.2. The summed E-state index contributed by atoms with van der Waals surface area (Å²) in [5.41, 5.74) is 2.14. The van der Waals surface area contributed by atoms with Crippen LogP contribution in [0.3, 0.4) is 0 Å². The molecule has 0 spiro atoms. The molecule has 102 valence electrons. The van der Waals surface area contributed by atoms with Crippen molar-refractivity contribution in [2.75, 3.05) is 25.6 Å². The van der Waals surface area contributed by atoms with Crippen molar-refractivity contribution < 1.29 is 4.74 Å². The first-order valence-electron chi connectivity index (χ1n) is 6.41. The number of rotatable bonds is 5. The van der Waals surface area contributed by atoms with E-state index in [2.05, 4.69) is 39.6 Å². The third kappa shape index (κ3) is 2.64. The fraction of sp³-hybridized carbons (Fsp3) is 0.200. The Labute approximate surface area is 121 Å². The quantitative estimate of drug-likeness (QED) is 0.730. The summed E-state index contributed by atoms with van der Waals surface area (Å²) in [5.74, 6) is 0. The Bertz CT molecular complexity index is 706. The smallest absolute Gasteiger partial charge is 0.183 e. The maximum atomic E-state index is 5.02. The van der Waals surface area contributed by atoms with Gasteiger partial charge in [0.25, 0.3) is 0 Å². The molecule has 4 nitrogen and oxygen atoms in total. The van der Waals surface area contributed by atoms with Gasteiger partial charge in [-0.1, -0.05) is 35.6 Å². The number of thiazole rings is 1. The van der Waals surface area contributed by atoms with E-state index >= 15 is 0 Å². The zero-order chi connectivity index (χ0) is 13.8. The van der Waals surface area contributed by atoms with Crippen LogP contribution >= 0.6 is 11.3 Å². The predicted molar refractivity (Wildman–Crippen MR) is 83.2 cm³/mol. The van der Waals surface area contributed by atoms with Gasteiger partial charge in [-0.2, -0.15) is 0 Å². The second-order valence-electron chi connectivity index (χ2n) is 4.33. The van der Waals surface area contributed by atoms with Crippen molar-refractivity contribution in [1.29, 1.82) is 0 Å². The van der Waals surface area contributed by atoms with Gasteiger partial charge in [-0.25, -0.2) is 4.98 Å². The van der Waals surface area contributed by atoms with Crippen molar-refractivity contribution in [3.8, 4) is 10.4 Å². The highest BCUT2D eigenvalue weighted by atomic mass is 32.1. The molecule has 2 heterocycles. The second kappa shape index (κ2) is 5.98. The minimum absolute atomic E-state index is 0.671. The number of benzene rings is 1. The van der Waals surface area contributed by atoms with E-state index < -0.39 is 0 Å². The van der Waals surface area contributed by atoms with E-state index in [-0.39, 0.29) is 0 Å². The molecule has 0 unspecified atom stereocenters. The third-order valence-electron chi connectivity index (χ3n) is 2.99. The predicted octanol–water partition coefficient (Wildman–Crippen LogP) is 3.42. The Kier molecular flexibility index (Phi) is 3.90. The fourth-order valence-electron chi connectivity index (χ4n) is 2.04. The van der Waals surface area contributed by atoms with Gasteiger partial charge in [0.2, 0.25) is 0 Å². The van der Waals surface area contributed by atoms with Crippen LogP contribution in [0.4, 0.5) is 5.13 Å². The Morgan fingerprint density at radius 2 is 2.10 bits per heavy atom. The van der Waals surface area contributed by atoms with Crippen LogP contribution in [0.5, 0.6) is 0 Å². The van der Waals surface area contributed by atoms with E-state index in [0.717, 1.165) is 33.0 Å². The lowest BCUT2D eigenvalue weighted by Crippen LogP contribution is -2.06. The van der Waals surface area contributed by atoms with Gasteiger partial charge in [0.1, 0.15) is 0 Å². The van der Waals surface area contributed by atoms with E-state index in [1.165, 1.54) is 0 Å². The van der Waals surface area contributed by atoms with Crippen LogP contribution in [0.25, 0.3) is 21.3 Å². The van der Waals surface area contributed by atoms with Gasteiger partial charge in [-0.15, -0.1) is 0 Å². The number of nitrogens with zero attached hydrogens (tertiary/aromatic N) is 2. The number of methoxy groups -OCH3 is 1. The summed E-state index contributed by atoms with van der Waals surface area (Å²) < 4.78 is 5.02. The number of aromatic nitrogens is 2. The largest absolute Gasteiger partial charge is 0.383 e. The van der Waals surface area contributed by atoms with Crippen LogP contribution in [-0.4, -0.2) is 30.2 Å². The van der Waals surface area contributed by atoms with Crippen molar-refractivity contribution in [3.05, 3.63) is 42.7 Å². The number of fused-ring (bicyclic) bond motifs is 1. The van der Waals surface area contributed by atoms with Crippen LogP contribution in [0.2, 0.25) is 0 Å². The number of nitrogens with one attached hydrogen (secondary N) is 1. The second-order valence-corrected chi connectivity index (χ2v) is 5.36. The zero-order valence-corrected chi connectivity index (χ0v) is 12.0. The topological polar surface area (TPSA) is 47.0 Å². The molecule has 0 amide bonds. The highest BCUT2D eigenvalue weighted by molar-refractivity contribution is 7.19. The number of anilines is 1. The average molecular weight is 285 g/mol. The van der Waals surface area contributed by atoms with E-state index in [1.807, 2.05) is 18.5 Å². The Morgan fingerprint density at radius 3 is 3.00 bits per heavy atom. The lowest BCUT2D eigenvalue weighted by Gasteiger charge is -2.02. The van der Waals surface area contributed by atoms with Crippen LogP contribution in [0, 0.1) is 0 Å². The summed E-state index contributed by atoms with van der Waals surface area (Å²) in [5, 5.41) is 5.30. The minimum atomic E-state index is 0.671. The highest BCUT2D eigenvalue weighted by Crippen LogP contribution is 2.32. The maximum absolute atomic E-state index is 5.02. The van der Waals surface area contributed by atoms with Crippen molar-refractivity contribution in [1.82, 2.24) is 9.97 Å². The average Bonchev–Trinajstić information content (AvgIpc) is 2.96. The normalized spacial score (nSPS) is 10.8. The van der Waals surface area contributed by atoms with Gasteiger partial charge >= 0.3 is 0 Å². The Morgan fingerprint density at radius 1 is 1.20 bits per heavy atom. The molecule has 0 saturated carbocycles. The first kappa shape index (κ1) is 13.0. The molecule has 0 atom stereocenters. The molecule has 3 rings (SSSR count). The summed E-state index contributed by atoms with van der Waals surface area (Å²) in [4.78, 5) is 10.00.